The van der Waals surface area contributed by atoms with Gasteiger partial charge < -0.3 is 0 Å². The average Bonchev–Trinajstić information content (AvgIpc) is 2.52. The zero-order valence-electron chi connectivity index (χ0n) is 16.3. The van der Waals surface area contributed by atoms with Gasteiger partial charge in [-0.2, -0.15) is 0 Å². The number of rotatable bonds is 17. The van der Waals surface area contributed by atoms with Gasteiger partial charge in [0.2, 0.25) is 0 Å². The summed E-state index contributed by atoms with van der Waals surface area (Å²) >= 11 is 0. The van der Waals surface area contributed by atoms with E-state index in [2.05, 4.69) is 34.1 Å². The van der Waals surface area contributed by atoms with Crippen LogP contribution in [0.3, 0.4) is 0 Å². The summed E-state index contributed by atoms with van der Waals surface area (Å²) in [6, 6.07) is 0. The minimum absolute atomic E-state index is 0.833. The van der Waals surface area contributed by atoms with E-state index in [1.165, 1.54) is 96.3 Å². The molecule has 2 atom stereocenters. The summed E-state index contributed by atoms with van der Waals surface area (Å²) in [5.41, 5.74) is 0. The molecule has 0 nitrogen and oxygen atoms in total. The lowest BCUT2D eigenvalue weighted by Crippen LogP contribution is -2.08. The minimum atomic E-state index is 0.833. The van der Waals surface area contributed by atoms with Crippen LogP contribution in [-0.4, -0.2) is 0 Å². The Kier molecular flexibility index (Phi) is 17.4. The Bertz CT molecular complexity index is 196. The Labute approximate surface area is 142 Å². The van der Waals surface area contributed by atoms with Gasteiger partial charge in [-0.1, -0.05) is 124 Å². The van der Waals surface area contributed by atoms with Crippen LogP contribution in [0.2, 0.25) is 0 Å². The van der Waals surface area contributed by atoms with Crippen molar-refractivity contribution in [2.75, 3.05) is 0 Å². The fourth-order valence-electron chi connectivity index (χ4n) is 3.44. The van der Waals surface area contributed by atoms with E-state index in [0.717, 1.165) is 11.8 Å². The summed E-state index contributed by atoms with van der Waals surface area (Å²) in [6.45, 7) is 9.39. The monoisotopic (exact) mass is 309 g/mol. The van der Waals surface area contributed by atoms with E-state index < -0.39 is 0 Å². The molecule has 0 aromatic rings. The van der Waals surface area contributed by atoms with Crippen molar-refractivity contribution in [1.82, 2.24) is 0 Å². The molecule has 0 bridgehead atoms. The first-order valence-electron chi connectivity index (χ1n) is 10.6. The fourth-order valence-corrected chi connectivity index (χ4v) is 3.44. The fraction of sp³-hybridized carbons (Fsp3) is 0.955. The van der Waals surface area contributed by atoms with Gasteiger partial charge in [0, 0.05) is 0 Å². The zero-order valence-corrected chi connectivity index (χ0v) is 16.3. The largest absolute Gasteiger partial charge is 0.0654 e. The highest BCUT2D eigenvalue weighted by molar-refractivity contribution is 4.81. The molecule has 0 heteroatoms. The van der Waals surface area contributed by atoms with E-state index in [1.54, 1.807) is 0 Å². The van der Waals surface area contributed by atoms with Crippen molar-refractivity contribution in [2.24, 2.45) is 11.8 Å². The summed E-state index contributed by atoms with van der Waals surface area (Å²) in [5, 5.41) is 0. The van der Waals surface area contributed by atoms with Crippen LogP contribution in [0.25, 0.3) is 0 Å². The molecule has 0 aliphatic rings. The third-order valence-corrected chi connectivity index (χ3v) is 4.97. The summed E-state index contributed by atoms with van der Waals surface area (Å²) in [7, 11) is 0. The van der Waals surface area contributed by atoms with Crippen LogP contribution in [0.5, 0.6) is 0 Å². The SMILES string of the molecule is CCCCCCCC(C)[CH]C(CCCC)CCCCCCC. The first-order valence-corrected chi connectivity index (χ1v) is 10.6. The van der Waals surface area contributed by atoms with Gasteiger partial charge in [0.25, 0.3) is 0 Å². The zero-order chi connectivity index (χ0) is 16.5. The molecule has 0 aliphatic carbocycles. The predicted octanol–water partition coefficient (Wildman–Crippen LogP) is 8.35. The Hall–Kier alpha value is 0. The molecule has 133 valence electrons. The van der Waals surface area contributed by atoms with Crippen LogP contribution in [-0.2, 0) is 0 Å². The summed E-state index contributed by atoms with van der Waals surface area (Å²) < 4.78 is 0. The summed E-state index contributed by atoms with van der Waals surface area (Å²) in [6.07, 6.45) is 24.0. The standard InChI is InChI=1S/C22H45/c1-5-8-11-13-15-17-21(4)20-22(18-10-7-3)19-16-14-12-9-6-2/h20-22H,5-19H2,1-4H3. The Morgan fingerprint density at radius 3 is 1.55 bits per heavy atom. The molecule has 0 aromatic carbocycles. The second-order valence-electron chi connectivity index (χ2n) is 7.48. The number of hydrogen-bond donors (Lipinski definition) is 0. The van der Waals surface area contributed by atoms with E-state index in [0.29, 0.717) is 0 Å². The molecule has 0 spiro atoms. The van der Waals surface area contributed by atoms with Gasteiger partial charge in [-0.05, 0) is 18.3 Å². The lowest BCUT2D eigenvalue weighted by atomic mass is 9.85. The molecule has 22 heavy (non-hydrogen) atoms. The predicted molar refractivity (Wildman–Crippen MR) is 103 cm³/mol. The van der Waals surface area contributed by atoms with Gasteiger partial charge in [0.05, 0.1) is 0 Å². The van der Waals surface area contributed by atoms with Gasteiger partial charge >= 0.3 is 0 Å². The lowest BCUT2D eigenvalue weighted by Gasteiger charge is -2.21. The second-order valence-corrected chi connectivity index (χ2v) is 7.48. The van der Waals surface area contributed by atoms with Crippen molar-refractivity contribution in [3.8, 4) is 0 Å². The third-order valence-electron chi connectivity index (χ3n) is 4.97. The molecule has 0 aliphatic heterocycles. The van der Waals surface area contributed by atoms with Gasteiger partial charge in [-0.3, -0.25) is 0 Å². The molecule has 2 unspecified atom stereocenters. The van der Waals surface area contributed by atoms with Gasteiger partial charge in [-0.25, -0.2) is 0 Å². The summed E-state index contributed by atoms with van der Waals surface area (Å²) in [5.74, 6) is 1.73. The third kappa shape index (κ3) is 14.9. The maximum Gasteiger partial charge on any atom is -0.0326 e. The van der Waals surface area contributed by atoms with Gasteiger partial charge in [0.1, 0.15) is 0 Å². The molecular formula is C22H45. The van der Waals surface area contributed by atoms with Crippen molar-refractivity contribution in [2.45, 2.75) is 124 Å². The van der Waals surface area contributed by atoms with E-state index in [-0.39, 0.29) is 0 Å². The van der Waals surface area contributed by atoms with Crippen molar-refractivity contribution in [1.29, 1.82) is 0 Å². The first kappa shape index (κ1) is 22.0. The van der Waals surface area contributed by atoms with E-state index in [4.69, 9.17) is 0 Å². The summed E-state index contributed by atoms with van der Waals surface area (Å²) in [4.78, 5) is 0. The van der Waals surface area contributed by atoms with Crippen LogP contribution in [0.4, 0.5) is 0 Å². The van der Waals surface area contributed by atoms with Crippen molar-refractivity contribution < 1.29 is 0 Å². The minimum Gasteiger partial charge on any atom is -0.0654 e. The van der Waals surface area contributed by atoms with Crippen LogP contribution in [0.15, 0.2) is 0 Å². The molecule has 0 fully saturated rings. The topological polar surface area (TPSA) is 0 Å². The van der Waals surface area contributed by atoms with Crippen LogP contribution in [0.1, 0.15) is 124 Å². The molecule has 0 saturated carbocycles. The first-order chi connectivity index (χ1) is 10.7. The smallest absolute Gasteiger partial charge is 0.0326 e. The van der Waals surface area contributed by atoms with Crippen LogP contribution >= 0.6 is 0 Å². The maximum atomic E-state index is 2.72. The number of hydrogen-bond acceptors (Lipinski definition) is 0. The Morgan fingerprint density at radius 1 is 0.545 bits per heavy atom. The Morgan fingerprint density at radius 2 is 1.00 bits per heavy atom. The Balaban J connectivity index is 3.79. The normalized spacial score (nSPS) is 14.2. The molecule has 1 radical (unpaired) electrons. The molecule has 0 aromatic heterocycles. The molecule has 0 saturated heterocycles. The average molecular weight is 310 g/mol. The van der Waals surface area contributed by atoms with Crippen LogP contribution in [0, 0.1) is 18.3 Å². The molecule has 0 heterocycles. The van der Waals surface area contributed by atoms with Gasteiger partial charge in [-0.15, -0.1) is 0 Å². The second kappa shape index (κ2) is 17.4. The highest BCUT2D eigenvalue weighted by Gasteiger charge is 2.13. The highest BCUT2D eigenvalue weighted by Crippen LogP contribution is 2.26. The van der Waals surface area contributed by atoms with Crippen LogP contribution < -0.4 is 0 Å². The van der Waals surface area contributed by atoms with Crippen molar-refractivity contribution in [3.05, 3.63) is 6.42 Å². The van der Waals surface area contributed by atoms with E-state index >= 15 is 0 Å². The quantitative estimate of drug-likeness (QED) is 0.237. The molecule has 0 amide bonds. The molecular weight excluding hydrogens is 264 g/mol. The molecule has 0 rings (SSSR count). The lowest BCUT2D eigenvalue weighted by molar-refractivity contribution is 0.402. The highest BCUT2D eigenvalue weighted by atomic mass is 14.2. The number of unbranched alkanes of at least 4 members (excludes halogenated alkanes) is 9. The van der Waals surface area contributed by atoms with E-state index in [1.807, 2.05) is 0 Å². The van der Waals surface area contributed by atoms with E-state index in [9.17, 15) is 0 Å². The van der Waals surface area contributed by atoms with Crippen molar-refractivity contribution >= 4 is 0 Å². The van der Waals surface area contributed by atoms with Crippen molar-refractivity contribution in [3.63, 3.8) is 0 Å². The maximum absolute atomic E-state index is 2.72. The molecule has 0 N–H and O–H groups in total. The van der Waals surface area contributed by atoms with Gasteiger partial charge in [0.15, 0.2) is 0 Å².